The van der Waals surface area contributed by atoms with E-state index in [-0.39, 0.29) is 12.2 Å². The van der Waals surface area contributed by atoms with Crippen molar-refractivity contribution in [3.8, 4) is 0 Å². The van der Waals surface area contributed by atoms with Crippen LogP contribution < -0.4 is 5.73 Å². The zero-order valence-electron chi connectivity index (χ0n) is 9.87. The number of hydrogen-bond donors (Lipinski definition) is 2. The van der Waals surface area contributed by atoms with Crippen molar-refractivity contribution >= 4 is 0 Å². The summed E-state index contributed by atoms with van der Waals surface area (Å²) in [5, 5.41) is 8.74. The van der Waals surface area contributed by atoms with Gasteiger partial charge in [0.25, 0.3) is 0 Å². The summed E-state index contributed by atoms with van der Waals surface area (Å²) in [5.74, 6) is 0.774. The fourth-order valence-corrected chi connectivity index (χ4v) is 2.52. The number of aliphatic hydroxyl groups is 1. The average Bonchev–Trinajstić information content (AvgIpc) is 2.30. The summed E-state index contributed by atoms with van der Waals surface area (Å²) in [5.41, 5.74) is 5.76. The predicted octanol–water partition coefficient (Wildman–Crippen LogP) is 1.68. The van der Waals surface area contributed by atoms with Gasteiger partial charge in [-0.3, -0.25) is 0 Å². The normalized spacial score (nSPS) is 31.8. The highest BCUT2D eigenvalue weighted by atomic mass is 16.5. The Balaban J connectivity index is 2.43. The Bertz CT molecular complexity index is 175. The molecular weight excluding hydrogens is 190 g/mol. The number of aliphatic hydroxyl groups excluding tert-OH is 1. The third kappa shape index (κ3) is 3.74. The van der Waals surface area contributed by atoms with Crippen LogP contribution in [0.3, 0.4) is 0 Å². The van der Waals surface area contributed by atoms with Crippen molar-refractivity contribution < 1.29 is 9.84 Å². The molecule has 0 spiro atoms. The summed E-state index contributed by atoms with van der Waals surface area (Å²) in [7, 11) is 0. The van der Waals surface area contributed by atoms with E-state index in [1.807, 2.05) is 0 Å². The Labute approximate surface area is 93.0 Å². The van der Waals surface area contributed by atoms with E-state index in [0.29, 0.717) is 13.2 Å². The maximum atomic E-state index is 8.74. The van der Waals surface area contributed by atoms with Gasteiger partial charge in [-0.2, -0.15) is 0 Å². The lowest BCUT2D eigenvalue weighted by Gasteiger charge is -2.40. The molecule has 1 aliphatic rings. The van der Waals surface area contributed by atoms with Gasteiger partial charge < -0.3 is 15.6 Å². The Morgan fingerprint density at radius 2 is 2.33 bits per heavy atom. The minimum atomic E-state index is -0.0892. The third-order valence-electron chi connectivity index (χ3n) is 3.57. The molecule has 0 heterocycles. The molecule has 1 fully saturated rings. The van der Waals surface area contributed by atoms with Crippen LogP contribution >= 0.6 is 0 Å². The maximum absolute atomic E-state index is 8.74. The first-order chi connectivity index (χ1) is 7.26. The Morgan fingerprint density at radius 1 is 1.53 bits per heavy atom. The molecule has 0 aromatic carbocycles. The van der Waals surface area contributed by atoms with Crippen molar-refractivity contribution in [2.24, 2.45) is 11.7 Å². The highest BCUT2D eigenvalue weighted by molar-refractivity contribution is 4.88. The monoisotopic (exact) mass is 215 g/mol. The summed E-state index contributed by atoms with van der Waals surface area (Å²) in [6.45, 7) is 3.71. The lowest BCUT2D eigenvalue weighted by Crippen LogP contribution is -2.45. The summed E-state index contributed by atoms with van der Waals surface area (Å²) >= 11 is 0. The molecule has 3 heteroatoms. The van der Waals surface area contributed by atoms with Gasteiger partial charge in [0.05, 0.1) is 5.60 Å². The van der Waals surface area contributed by atoms with E-state index in [9.17, 15) is 0 Å². The zero-order valence-corrected chi connectivity index (χ0v) is 9.87. The molecule has 3 N–H and O–H groups in total. The van der Waals surface area contributed by atoms with Crippen LogP contribution in [0.1, 0.15) is 45.4 Å². The highest BCUT2D eigenvalue weighted by Gasteiger charge is 2.35. The molecule has 3 nitrogen and oxygen atoms in total. The summed E-state index contributed by atoms with van der Waals surface area (Å²) in [6, 6.07) is 0. The molecule has 2 atom stereocenters. The first-order valence-corrected chi connectivity index (χ1v) is 6.21. The van der Waals surface area contributed by atoms with Crippen molar-refractivity contribution in [3.63, 3.8) is 0 Å². The van der Waals surface area contributed by atoms with E-state index >= 15 is 0 Å². The molecule has 1 aliphatic carbocycles. The predicted molar refractivity (Wildman–Crippen MR) is 61.7 cm³/mol. The molecule has 0 aliphatic heterocycles. The molecule has 0 saturated heterocycles. The van der Waals surface area contributed by atoms with E-state index in [0.717, 1.165) is 25.2 Å². The molecule has 0 amide bonds. The number of rotatable bonds is 6. The quantitative estimate of drug-likeness (QED) is 0.663. The van der Waals surface area contributed by atoms with Crippen molar-refractivity contribution in [1.29, 1.82) is 0 Å². The zero-order chi connectivity index (χ0) is 11.1. The van der Waals surface area contributed by atoms with E-state index in [1.165, 1.54) is 19.3 Å². The number of nitrogens with two attached hydrogens (primary N) is 1. The van der Waals surface area contributed by atoms with Gasteiger partial charge in [-0.25, -0.2) is 0 Å². The van der Waals surface area contributed by atoms with Gasteiger partial charge in [0.1, 0.15) is 0 Å². The average molecular weight is 215 g/mol. The van der Waals surface area contributed by atoms with Gasteiger partial charge in [0, 0.05) is 19.8 Å². The van der Waals surface area contributed by atoms with Crippen molar-refractivity contribution in [3.05, 3.63) is 0 Å². The first-order valence-electron chi connectivity index (χ1n) is 6.21. The van der Waals surface area contributed by atoms with Gasteiger partial charge in [-0.05, 0) is 25.2 Å². The number of ether oxygens (including phenoxy) is 1. The standard InChI is InChI=1S/C12H25NO2/c1-2-11-5-3-6-12(9-11,10-13)15-8-4-7-14/h11,14H,2-10,13H2,1H3. The van der Waals surface area contributed by atoms with Crippen LogP contribution in [-0.4, -0.2) is 30.5 Å². The molecular formula is C12H25NO2. The van der Waals surface area contributed by atoms with Gasteiger partial charge in [-0.15, -0.1) is 0 Å². The first kappa shape index (κ1) is 12.9. The molecule has 0 radical (unpaired) electrons. The molecule has 0 aromatic rings. The van der Waals surface area contributed by atoms with Gasteiger partial charge in [-0.1, -0.05) is 26.2 Å². The second-order valence-electron chi connectivity index (χ2n) is 4.68. The highest BCUT2D eigenvalue weighted by Crippen LogP contribution is 2.36. The van der Waals surface area contributed by atoms with Crippen LogP contribution in [0.4, 0.5) is 0 Å². The van der Waals surface area contributed by atoms with E-state index in [4.69, 9.17) is 15.6 Å². The van der Waals surface area contributed by atoms with Crippen LogP contribution in [-0.2, 0) is 4.74 Å². The van der Waals surface area contributed by atoms with Crippen LogP contribution in [0.2, 0.25) is 0 Å². The van der Waals surface area contributed by atoms with Crippen molar-refractivity contribution in [2.45, 2.75) is 51.0 Å². The fourth-order valence-electron chi connectivity index (χ4n) is 2.52. The van der Waals surface area contributed by atoms with E-state index < -0.39 is 0 Å². The van der Waals surface area contributed by atoms with E-state index in [1.54, 1.807) is 0 Å². The smallest absolute Gasteiger partial charge is 0.0806 e. The van der Waals surface area contributed by atoms with Crippen LogP contribution in [0.15, 0.2) is 0 Å². The van der Waals surface area contributed by atoms with Crippen LogP contribution in [0.5, 0.6) is 0 Å². The maximum Gasteiger partial charge on any atom is 0.0806 e. The lowest BCUT2D eigenvalue weighted by atomic mass is 9.77. The second kappa shape index (κ2) is 6.46. The molecule has 2 unspecified atom stereocenters. The van der Waals surface area contributed by atoms with Gasteiger partial charge in [0.2, 0.25) is 0 Å². The SMILES string of the molecule is CCC1CCCC(CN)(OCCCO)C1. The number of hydrogen-bond acceptors (Lipinski definition) is 3. The molecule has 1 rings (SSSR count). The Morgan fingerprint density at radius 3 is 2.93 bits per heavy atom. The van der Waals surface area contributed by atoms with Gasteiger partial charge >= 0.3 is 0 Å². The summed E-state index contributed by atoms with van der Waals surface area (Å²) in [4.78, 5) is 0. The van der Waals surface area contributed by atoms with Crippen LogP contribution in [0.25, 0.3) is 0 Å². The largest absolute Gasteiger partial charge is 0.396 e. The molecule has 15 heavy (non-hydrogen) atoms. The van der Waals surface area contributed by atoms with E-state index in [2.05, 4.69) is 6.92 Å². The summed E-state index contributed by atoms with van der Waals surface area (Å²) in [6.07, 6.45) is 6.69. The van der Waals surface area contributed by atoms with Crippen molar-refractivity contribution in [1.82, 2.24) is 0 Å². The molecule has 90 valence electrons. The van der Waals surface area contributed by atoms with Crippen LogP contribution in [0, 0.1) is 5.92 Å². The topological polar surface area (TPSA) is 55.5 Å². The third-order valence-corrected chi connectivity index (χ3v) is 3.57. The fraction of sp³-hybridized carbons (Fsp3) is 1.00. The molecule has 0 bridgehead atoms. The Kier molecular flexibility index (Phi) is 5.58. The molecule has 0 aromatic heterocycles. The summed E-state index contributed by atoms with van der Waals surface area (Å²) < 4.78 is 5.91. The van der Waals surface area contributed by atoms with Gasteiger partial charge in [0.15, 0.2) is 0 Å². The Hall–Kier alpha value is -0.120. The lowest BCUT2D eigenvalue weighted by molar-refractivity contribution is -0.0795. The molecule has 1 saturated carbocycles. The van der Waals surface area contributed by atoms with Crippen molar-refractivity contribution in [2.75, 3.05) is 19.8 Å². The minimum absolute atomic E-state index is 0.0892. The second-order valence-corrected chi connectivity index (χ2v) is 4.68. The minimum Gasteiger partial charge on any atom is -0.396 e.